The molecule has 204 valence electrons. The summed E-state index contributed by atoms with van der Waals surface area (Å²) in [6.07, 6.45) is 10.4. The summed E-state index contributed by atoms with van der Waals surface area (Å²) in [7, 11) is -3.15. The van der Waals surface area contributed by atoms with Crippen molar-refractivity contribution in [1.29, 1.82) is 0 Å². The highest BCUT2D eigenvalue weighted by Crippen LogP contribution is 2.45. The molecule has 6 rings (SSSR count). The van der Waals surface area contributed by atoms with Gasteiger partial charge in [-0.3, -0.25) is 4.98 Å². The molecule has 0 radical (unpaired) electrons. The molecule has 0 aromatic carbocycles. The molecule has 3 aromatic rings. The predicted molar refractivity (Wildman–Crippen MR) is 155 cm³/mol. The molecule has 3 heterocycles. The van der Waals surface area contributed by atoms with Gasteiger partial charge < -0.3 is 10.6 Å². The molecule has 2 atom stereocenters. The number of hydrogen-bond acceptors (Lipinski definition) is 9. The van der Waals surface area contributed by atoms with Crippen LogP contribution in [0.25, 0.3) is 20.8 Å². The maximum atomic E-state index is 12.8. The van der Waals surface area contributed by atoms with Crippen LogP contribution in [0.4, 0.5) is 11.8 Å². The number of anilines is 2. The largest absolute Gasteiger partial charge is 0.367 e. The lowest BCUT2D eigenvalue weighted by atomic mass is 9.93. The average Bonchev–Trinajstić information content (AvgIpc) is 3.43. The normalized spacial score (nSPS) is 22.5. The number of thiazole rings is 1. The number of hydrogen-bond donors (Lipinski definition) is 2. The first-order valence-electron chi connectivity index (χ1n) is 14.1. The van der Waals surface area contributed by atoms with E-state index in [1.54, 1.807) is 18.3 Å². The quantitative estimate of drug-likeness (QED) is 0.327. The Balaban J connectivity index is 1.34. The van der Waals surface area contributed by atoms with Crippen LogP contribution in [-0.2, 0) is 9.84 Å². The maximum Gasteiger partial charge on any atom is 0.225 e. The number of fused-ring (bicyclic) bond motifs is 1. The molecule has 0 spiro atoms. The number of sulfone groups is 1. The molecular formula is C28H38N6O2S2. The minimum atomic E-state index is -3.15. The van der Waals surface area contributed by atoms with Gasteiger partial charge in [-0.15, -0.1) is 11.3 Å². The monoisotopic (exact) mass is 554 g/mol. The first-order valence-corrected chi connectivity index (χ1v) is 16.5. The lowest BCUT2D eigenvalue weighted by Gasteiger charge is -2.31. The molecule has 10 heteroatoms. The minimum Gasteiger partial charge on any atom is -0.367 e. The van der Waals surface area contributed by atoms with Gasteiger partial charge in [0.2, 0.25) is 5.95 Å². The van der Waals surface area contributed by atoms with Crippen LogP contribution < -0.4 is 10.6 Å². The van der Waals surface area contributed by atoms with Gasteiger partial charge in [-0.05, 0) is 84.1 Å². The van der Waals surface area contributed by atoms with Crippen molar-refractivity contribution < 1.29 is 8.42 Å². The summed E-state index contributed by atoms with van der Waals surface area (Å²) in [5, 5.41) is 8.15. The average molecular weight is 555 g/mol. The number of pyridine rings is 1. The minimum absolute atomic E-state index is 0.110. The Labute approximate surface area is 229 Å². The maximum absolute atomic E-state index is 12.8. The van der Waals surface area contributed by atoms with Gasteiger partial charge in [-0.2, -0.15) is 4.98 Å². The van der Waals surface area contributed by atoms with Crippen LogP contribution in [0.2, 0.25) is 0 Å². The summed E-state index contributed by atoms with van der Waals surface area (Å²) in [5.41, 5.74) is 3.95. The Morgan fingerprint density at radius 1 is 1.03 bits per heavy atom. The van der Waals surface area contributed by atoms with Gasteiger partial charge in [0.05, 0.1) is 26.4 Å². The molecule has 3 saturated carbocycles. The molecule has 8 nitrogen and oxygen atoms in total. The van der Waals surface area contributed by atoms with E-state index < -0.39 is 14.6 Å². The van der Waals surface area contributed by atoms with Gasteiger partial charge >= 0.3 is 0 Å². The molecular weight excluding hydrogens is 516 g/mol. The van der Waals surface area contributed by atoms with Crippen molar-refractivity contribution in [2.75, 3.05) is 16.4 Å². The van der Waals surface area contributed by atoms with Crippen molar-refractivity contribution in [2.45, 2.75) is 102 Å². The van der Waals surface area contributed by atoms with Crippen LogP contribution in [0.15, 0.2) is 12.3 Å². The molecule has 3 fully saturated rings. The second-order valence-electron chi connectivity index (χ2n) is 11.8. The highest BCUT2D eigenvalue weighted by molar-refractivity contribution is 7.92. The number of nitrogens with one attached hydrogen (secondary N) is 2. The van der Waals surface area contributed by atoms with Gasteiger partial charge in [0.25, 0.3) is 0 Å². The fraction of sp³-hybridized carbons (Fsp3) is 0.643. The molecule has 3 aliphatic carbocycles. The highest BCUT2D eigenvalue weighted by Gasteiger charge is 2.44. The lowest BCUT2D eigenvalue weighted by Crippen LogP contribution is -2.40. The molecule has 0 bridgehead atoms. The zero-order valence-corrected chi connectivity index (χ0v) is 24.4. The molecule has 3 aliphatic rings. The van der Waals surface area contributed by atoms with E-state index in [2.05, 4.69) is 21.7 Å². The van der Waals surface area contributed by atoms with Crippen LogP contribution in [0.5, 0.6) is 0 Å². The molecule has 3 aromatic heterocycles. The summed E-state index contributed by atoms with van der Waals surface area (Å²) in [6, 6.07) is 2.63. The summed E-state index contributed by atoms with van der Waals surface area (Å²) in [4.78, 5) is 19.6. The van der Waals surface area contributed by atoms with Crippen molar-refractivity contribution in [3.05, 3.63) is 23.7 Å². The third-order valence-corrected chi connectivity index (χ3v) is 12.7. The molecule has 0 saturated heterocycles. The topological polar surface area (TPSA) is 110 Å². The van der Waals surface area contributed by atoms with Crippen LogP contribution >= 0.6 is 11.3 Å². The van der Waals surface area contributed by atoms with Crippen LogP contribution in [-0.4, -0.2) is 50.9 Å². The van der Waals surface area contributed by atoms with E-state index in [4.69, 9.17) is 15.0 Å². The Hall–Kier alpha value is -2.33. The first kappa shape index (κ1) is 25.9. The Morgan fingerprint density at radius 2 is 1.82 bits per heavy atom. The van der Waals surface area contributed by atoms with Gasteiger partial charge in [0, 0.05) is 30.0 Å². The van der Waals surface area contributed by atoms with E-state index >= 15 is 0 Å². The number of rotatable bonds is 9. The molecule has 38 heavy (non-hydrogen) atoms. The van der Waals surface area contributed by atoms with Crippen molar-refractivity contribution >= 4 is 43.2 Å². The van der Waals surface area contributed by atoms with E-state index in [-0.39, 0.29) is 17.7 Å². The summed E-state index contributed by atoms with van der Waals surface area (Å²) < 4.78 is 26.1. The van der Waals surface area contributed by atoms with Gasteiger partial charge in [-0.1, -0.05) is 6.92 Å². The van der Waals surface area contributed by atoms with Gasteiger partial charge in [0.1, 0.15) is 16.3 Å². The van der Waals surface area contributed by atoms with Gasteiger partial charge in [0.15, 0.2) is 9.84 Å². The molecule has 1 unspecified atom stereocenters. The van der Waals surface area contributed by atoms with E-state index in [0.717, 1.165) is 70.1 Å². The first-order chi connectivity index (χ1) is 18.2. The Morgan fingerprint density at radius 3 is 2.50 bits per heavy atom. The van der Waals surface area contributed by atoms with Crippen LogP contribution in [0.3, 0.4) is 0 Å². The summed E-state index contributed by atoms with van der Waals surface area (Å²) in [6.45, 7) is 7.57. The van der Waals surface area contributed by atoms with E-state index in [1.807, 2.05) is 27.0 Å². The summed E-state index contributed by atoms with van der Waals surface area (Å²) >= 11 is 1.67. The second-order valence-corrected chi connectivity index (χ2v) is 15.7. The third-order valence-electron chi connectivity index (χ3n) is 8.98. The van der Waals surface area contributed by atoms with E-state index in [0.29, 0.717) is 17.9 Å². The number of nitrogens with zero attached hydrogens (tertiary/aromatic N) is 4. The summed E-state index contributed by atoms with van der Waals surface area (Å²) in [5.74, 6) is 2.26. The standard InChI is InChI=1S/C28H38N6O2S2/c1-5-38(35,36)28(3,4)18-11-12-20(15-18)31-25-22(16(2)30-27(34-25)32-19-7-6-8-19)26-33-24-21(37-26)13-14-29-23(24)17-9-10-17/h13-14,17-20H,5-12,15H2,1-4H3,(H2,30,31,32,34)/t18-,20?/m0/s1. The Bertz CT molecular complexity index is 1460. The second kappa shape index (κ2) is 9.70. The van der Waals surface area contributed by atoms with Crippen LogP contribution in [0, 0.1) is 12.8 Å². The van der Waals surface area contributed by atoms with Crippen molar-refractivity contribution in [3.63, 3.8) is 0 Å². The van der Waals surface area contributed by atoms with Crippen molar-refractivity contribution in [2.24, 2.45) is 5.92 Å². The van der Waals surface area contributed by atoms with E-state index in [9.17, 15) is 8.42 Å². The fourth-order valence-corrected chi connectivity index (χ4v) is 8.47. The Kier molecular flexibility index (Phi) is 6.61. The van der Waals surface area contributed by atoms with Crippen molar-refractivity contribution in [3.8, 4) is 10.6 Å². The molecule has 0 amide bonds. The predicted octanol–water partition coefficient (Wildman–Crippen LogP) is 6.09. The zero-order chi connectivity index (χ0) is 26.7. The fourth-order valence-electron chi connectivity index (χ4n) is 5.93. The van der Waals surface area contributed by atoms with Crippen molar-refractivity contribution in [1.82, 2.24) is 19.9 Å². The SMILES string of the molecule is CCS(=O)(=O)C(C)(C)[C@H]1CCC(Nc2nc(NC3CCC3)nc(C)c2-c2nc3c(C4CC4)nccc3s2)C1. The smallest absolute Gasteiger partial charge is 0.225 e. The highest BCUT2D eigenvalue weighted by atomic mass is 32.2. The molecule has 0 aliphatic heterocycles. The molecule has 2 N–H and O–H groups in total. The number of aryl methyl sites for hydroxylation is 1. The van der Waals surface area contributed by atoms with Gasteiger partial charge in [-0.25, -0.2) is 18.4 Å². The number of aromatic nitrogens is 4. The van der Waals surface area contributed by atoms with E-state index in [1.165, 1.54) is 19.3 Å². The zero-order valence-electron chi connectivity index (χ0n) is 22.7. The van der Waals surface area contributed by atoms with Crippen LogP contribution in [0.1, 0.15) is 89.4 Å². The third kappa shape index (κ3) is 4.68. The lowest BCUT2D eigenvalue weighted by molar-refractivity contribution is 0.403.